The Morgan fingerprint density at radius 1 is 1.57 bits per heavy atom. The number of urea groups is 1. The van der Waals surface area contributed by atoms with Gasteiger partial charge in [-0.05, 0) is 42.7 Å². The molecule has 2 N–H and O–H groups in total. The van der Waals surface area contributed by atoms with Crippen molar-refractivity contribution in [2.75, 3.05) is 6.54 Å². The van der Waals surface area contributed by atoms with Crippen LogP contribution in [-0.2, 0) is 6.42 Å². The van der Waals surface area contributed by atoms with Gasteiger partial charge in [0.1, 0.15) is 0 Å². The van der Waals surface area contributed by atoms with Gasteiger partial charge >= 0.3 is 6.03 Å². The van der Waals surface area contributed by atoms with Crippen molar-refractivity contribution >= 4 is 17.4 Å². The monoisotopic (exact) mass is 212 g/mol. The van der Waals surface area contributed by atoms with Crippen molar-refractivity contribution in [2.24, 2.45) is 0 Å². The van der Waals surface area contributed by atoms with Gasteiger partial charge in [0.2, 0.25) is 0 Å². The van der Waals surface area contributed by atoms with E-state index in [0.717, 1.165) is 6.42 Å². The second-order valence-electron chi connectivity index (χ2n) is 3.44. The molecule has 0 fully saturated rings. The maximum Gasteiger partial charge on any atom is 0.314 e. The van der Waals surface area contributed by atoms with Crippen molar-refractivity contribution in [1.82, 2.24) is 10.6 Å². The third-order valence-electron chi connectivity index (χ3n) is 1.70. The quantitative estimate of drug-likeness (QED) is 0.787. The smallest absolute Gasteiger partial charge is 0.314 e. The zero-order valence-corrected chi connectivity index (χ0v) is 9.36. The number of amides is 2. The third kappa shape index (κ3) is 4.28. The molecule has 78 valence electrons. The molecule has 0 aliphatic rings. The summed E-state index contributed by atoms with van der Waals surface area (Å²) in [5.74, 6) is 0. The minimum Gasteiger partial charge on any atom is -0.338 e. The first kappa shape index (κ1) is 11.0. The number of carbonyl (C=O) groups excluding carboxylic acids is 1. The van der Waals surface area contributed by atoms with E-state index in [1.54, 1.807) is 11.3 Å². The molecule has 0 saturated carbocycles. The number of nitrogens with one attached hydrogen (secondary N) is 2. The van der Waals surface area contributed by atoms with E-state index in [9.17, 15) is 4.79 Å². The lowest BCUT2D eigenvalue weighted by atomic mass is 10.2. The summed E-state index contributed by atoms with van der Waals surface area (Å²) in [6.45, 7) is 4.58. The van der Waals surface area contributed by atoms with Gasteiger partial charge in [0, 0.05) is 12.6 Å². The minimum absolute atomic E-state index is 0.0878. The first-order valence-electron chi connectivity index (χ1n) is 4.74. The molecule has 0 bridgehead atoms. The highest BCUT2D eigenvalue weighted by molar-refractivity contribution is 7.07. The maximum absolute atomic E-state index is 11.2. The van der Waals surface area contributed by atoms with E-state index >= 15 is 0 Å². The lowest BCUT2D eigenvalue weighted by Crippen LogP contribution is -2.40. The Balaban J connectivity index is 2.12. The van der Waals surface area contributed by atoms with Crippen LogP contribution < -0.4 is 10.6 Å². The molecule has 2 amide bonds. The largest absolute Gasteiger partial charge is 0.338 e. The van der Waals surface area contributed by atoms with Gasteiger partial charge in [-0.1, -0.05) is 0 Å². The predicted molar refractivity (Wildman–Crippen MR) is 59.7 cm³/mol. The average molecular weight is 212 g/mol. The SMILES string of the molecule is CC(C)NC(=O)NCCc1ccsc1. The molecule has 0 aliphatic heterocycles. The second-order valence-corrected chi connectivity index (χ2v) is 4.22. The van der Waals surface area contributed by atoms with Crippen molar-refractivity contribution in [1.29, 1.82) is 0 Å². The van der Waals surface area contributed by atoms with Crippen LogP contribution in [0.2, 0.25) is 0 Å². The molecule has 0 atom stereocenters. The first-order chi connectivity index (χ1) is 6.68. The molecule has 4 heteroatoms. The van der Waals surface area contributed by atoms with Crippen molar-refractivity contribution in [3.63, 3.8) is 0 Å². The fourth-order valence-electron chi connectivity index (χ4n) is 1.07. The van der Waals surface area contributed by atoms with Gasteiger partial charge in [-0.25, -0.2) is 4.79 Å². The lowest BCUT2D eigenvalue weighted by Gasteiger charge is -2.09. The maximum atomic E-state index is 11.2. The van der Waals surface area contributed by atoms with E-state index in [1.165, 1.54) is 5.56 Å². The van der Waals surface area contributed by atoms with Crippen LogP contribution in [0, 0.1) is 0 Å². The summed E-state index contributed by atoms with van der Waals surface area (Å²) in [6.07, 6.45) is 0.898. The van der Waals surface area contributed by atoms with Crippen LogP contribution in [0.5, 0.6) is 0 Å². The highest BCUT2D eigenvalue weighted by Gasteiger charge is 2.01. The molecular formula is C10H16N2OS. The highest BCUT2D eigenvalue weighted by Crippen LogP contribution is 2.05. The Kier molecular flexibility index (Phi) is 4.46. The Morgan fingerprint density at radius 3 is 2.93 bits per heavy atom. The molecule has 0 radical (unpaired) electrons. The third-order valence-corrected chi connectivity index (χ3v) is 2.43. The molecule has 0 unspecified atom stereocenters. The van der Waals surface area contributed by atoms with Gasteiger partial charge < -0.3 is 10.6 Å². The standard InChI is InChI=1S/C10H16N2OS/c1-8(2)12-10(13)11-5-3-9-4-6-14-7-9/h4,6-8H,3,5H2,1-2H3,(H2,11,12,13). The fourth-order valence-corrected chi connectivity index (χ4v) is 1.77. The topological polar surface area (TPSA) is 41.1 Å². The van der Waals surface area contributed by atoms with Gasteiger partial charge in [0.25, 0.3) is 0 Å². The Hall–Kier alpha value is -1.03. The highest BCUT2D eigenvalue weighted by atomic mass is 32.1. The molecular weight excluding hydrogens is 196 g/mol. The second kappa shape index (κ2) is 5.65. The molecule has 1 heterocycles. The van der Waals surface area contributed by atoms with Gasteiger partial charge in [-0.3, -0.25) is 0 Å². The Morgan fingerprint density at radius 2 is 2.36 bits per heavy atom. The summed E-state index contributed by atoms with van der Waals surface area (Å²) >= 11 is 1.68. The molecule has 0 spiro atoms. The van der Waals surface area contributed by atoms with E-state index in [4.69, 9.17) is 0 Å². The number of carbonyl (C=O) groups is 1. The summed E-state index contributed by atoms with van der Waals surface area (Å²) in [6, 6.07) is 2.18. The number of hydrogen-bond acceptors (Lipinski definition) is 2. The zero-order valence-electron chi connectivity index (χ0n) is 8.54. The minimum atomic E-state index is -0.0878. The first-order valence-corrected chi connectivity index (χ1v) is 5.68. The Bertz CT molecular complexity index is 270. The van der Waals surface area contributed by atoms with Gasteiger partial charge in [-0.15, -0.1) is 0 Å². The molecule has 14 heavy (non-hydrogen) atoms. The van der Waals surface area contributed by atoms with E-state index in [-0.39, 0.29) is 12.1 Å². The van der Waals surface area contributed by atoms with E-state index < -0.39 is 0 Å². The summed E-state index contributed by atoms with van der Waals surface area (Å²) in [5, 5.41) is 9.73. The average Bonchev–Trinajstić information content (AvgIpc) is 2.55. The van der Waals surface area contributed by atoms with Crippen LogP contribution >= 0.6 is 11.3 Å². The van der Waals surface area contributed by atoms with Crippen molar-refractivity contribution in [2.45, 2.75) is 26.3 Å². The molecule has 0 aliphatic carbocycles. The van der Waals surface area contributed by atoms with E-state index in [0.29, 0.717) is 6.54 Å². The molecule has 1 aromatic heterocycles. The van der Waals surface area contributed by atoms with Crippen LogP contribution in [-0.4, -0.2) is 18.6 Å². The summed E-state index contributed by atoms with van der Waals surface area (Å²) in [4.78, 5) is 11.2. The summed E-state index contributed by atoms with van der Waals surface area (Å²) < 4.78 is 0. The molecule has 0 saturated heterocycles. The van der Waals surface area contributed by atoms with Crippen LogP contribution in [0.15, 0.2) is 16.8 Å². The molecule has 1 rings (SSSR count). The van der Waals surface area contributed by atoms with Crippen molar-refractivity contribution in [3.8, 4) is 0 Å². The van der Waals surface area contributed by atoms with Crippen LogP contribution in [0.3, 0.4) is 0 Å². The molecule has 1 aromatic rings. The number of thiophene rings is 1. The number of hydrogen-bond donors (Lipinski definition) is 2. The van der Waals surface area contributed by atoms with Crippen LogP contribution in [0.25, 0.3) is 0 Å². The van der Waals surface area contributed by atoms with Crippen molar-refractivity contribution in [3.05, 3.63) is 22.4 Å². The van der Waals surface area contributed by atoms with Gasteiger partial charge in [0.05, 0.1) is 0 Å². The van der Waals surface area contributed by atoms with Crippen molar-refractivity contribution < 1.29 is 4.79 Å². The van der Waals surface area contributed by atoms with Crippen LogP contribution in [0.1, 0.15) is 19.4 Å². The van der Waals surface area contributed by atoms with E-state index in [2.05, 4.69) is 22.1 Å². The zero-order chi connectivity index (χ0) is 10.4. The normalized spacial score (nSPS) is 10.2. The van der Waals surface area contributed by atoms with Crippen LogP contribution in [0.4, 0.5) is 4.79 Å². The van der Waals surface area contributed by atoms with Gasteiger partial charge in [-0.2, -0.15) is 11.3 Å². The van der Waals surface area contributed by atoms with E-state index in [1.807, 2.05) is 19.2 Å². The molecule has 3 nitrogen and oxygen atoms in total. The fraction of sp³-hybridized carbons (Fsp3) is 0.500. The number of rotatable bonds is 4. The van der Waals surface area contributed by atoms with Gasteiger partial charge in [0.15, 0.2) is 0 Å². The predicted octanol–water partition coefficient (Wildman–Crippen LogP) is 2.00. The Labute approximate surface area is 88.5 Å². The summed E-state index contributed by atoms with van der Waals surface area (Å²) in [5.41, 5.74) is 1.28. The lowest BCUT2D eigenvalue weighted by molar-refractivity contribution is 0.238. The molecule has 0 aromatic carbocycles. The summed E-state index contributed by atoms with van der Waals surface area (Å²) in [7, 11) is 0.